The van der Waals surface area contributed by atoms with E-state index in [0.717, 1.165) is 10.1 Å². The number of rotatable bonds is 24. The predicted molar refractivity (Wildman–Crippen MR) is 361 cm³/mol. The molecule has 0 unspecified atom stereocenters. The van der Waals surface area contributed by atoms with Gasteiger partial charge in [-0.2, -0.15) is 0 Å². The Morgan fingerprint density at radius 2 is 0.875 bits per heavy atom. The van der Waals surface area contributed by atoms with Gasteiger partial charge in [-0.25, -0.2) is 14.4 Å². The molecule has 28 heteroatoms. The Hall–Kier alpha value is -7.65. The van der Waals surface area contributed by atoms with E-state index in [1.165, 1.54) is 48.7 Å². The van der Waals surface area contributed by atoms with E-state index in [9.17, 15) is 38.7 Å². The van der Waals surface area contributed by atoms with Crippen LogP contribution in [0.15, 0.2) is 126 Å². The van der Waals surface area contributed by atoms with Crippen molar-refractivity contribution in [2.45, 2.75) is 178 Å². The fourth-order valence-electron chi connectivity index (χ4n) is 12.2. The summed E-state index contributed by atoms with van der Waals surface area (Å²) in [6.45, 7) is 24.3. The second-order valence-corrected chi connectivity index (χ2v) is 37.7. The first kappa shape index (κ1) is 72.6. The Labute approximate surface area is 558 Å². The molecular weight excluding hydrogens is 1270 g/mol. The summed E-state index contributed by atoms with van der Waals surface area (Å²) in [5.41, 5.74) is -2.73. The zero-order valence-corrected chi connectivity index (χ0v) is 59.4. The molecule has 6 heterocycles. The first-order valence-electron chi connectivity index (χ1n) is 32.1. The van der Waals surface area contributed by atoms with Gasteiger partial charge in [0.25, 0.3) is 16.7 Å². The highest BCUT2D eigenvalue weighted by Crippen LogP contribution is 2.49. The summed E-state index contributed by atoms with van der Waals surface area (Å²) in [6, 6.07) is 24.6. The average molecular weight is 1370 g/mol. The molecule has 3 fully saturated rings. The van der Waals surface area contributed by atoms with Crippen LogP contribution in [0.5, 0.6) is 11.5 Å². The van der Waals surface area contributed by atoms with Gasteiger partial charge in [-0.3, -0.25) is 52.6 Å². The number of benzene rings is 3. The van der Waals surface area contributed by atoms with Gasteiger partial charge >= 0.3 is 17.1 Å². The van der Waals surface area contributed by atoms with Gasteiger partial charge in [-0.15, -0.1) is 0 Å². The molecule has 26 nitrogen and oxygen atoms in total. The van der Waals surface area contributed by atoms with Gasteiger partial charge in [-0.1, -0.05) is 96.1 Å². The van der Waals surface area contributed by atoms with Crippen molar-refractivity contribution < 1.29 is 56.7 Å². The van der Waals surface area contributed by atoms with Crippen molar-refractivity contribution >= 4 is 28.4 Å². The van der Waals surface area contributed by atoms with E-state index in [4.69, 9.17) is 42.0 Å². The smallest absolute Gasteiger partial charge is 0.330 e. The molecule has 2 amide bonds. The highest BCUT2D eigenvalue weighted by atomic mass is 28.4. The van der Waals surface area contributed by atoms with E-state index in [0.29, 0.717) is 22.6 Å². The maximum Gasteiger partial charge on any atom is 0.330 e. The lowest BCUT2D eigenvalue weighted by Gasteiger charge is -2.41. The standard InChI is InChI=1S/C68H92N8O18Si2/c1-38-34-74(63(83)71-57(38)80)60-54(93-95(13,14)66(4,5)6)46(30-51(77)70-33-49-53(79)56(88-12)62(91-49)76-36-40(3)59(82)73-65(76)85)48(90-60)32-69-52(78)31-47-50(92-61(55(47)94-96(15,16)67(7,8)9)75-35-39(2)58(81)72-64(75)84)37-89-68(41-20-18-17-19-21-41,42-22-26-44(86-10)27-23-42)43-24-28-45(87-11)29-25-43/h17-29,34-36,46-50,53-56,60-62,79H,30-33,37H2,1-16H3,(H,69,78)(H,70,77)(H,71,80,83)(H,72,81,84)(H,73,82,85)/t46-,47-,48-,49-,50-,53-,54-,55-,56-,60-,61-,62-/m1/s1. The van der Waals surface area contributed by atoms with Crippen molar-refractivity contribution in [3.63, 3.8) is 0 Å². The highest BCUT2D eigenvalue weighted by Gasteiger charge is 2.55. The molecule has 0 aliphatic carbocycles. The van der Waals surface area contributed by atoms with E-state index < -0.39 is 151 Å². The van der Waals surface area contributed by atoms with Crippen LogP contribution in [0.4, 0.5) is 0 Å². The summed E-state index contributed by atoms with van der Waals surface area (Å²) in [6.07, 6.45) is -7.93. The van der Waals surface area contributed by atoms with Gasteiger partial charge < -0.3 is 57.8 Å². The molecule has 0 spiro atoms. The SMILES string of the molecule is COc1ccc(C(OC[C@H]2O[C@@H](n3cc(C)c(=O)[nH]c3=O)[C@H](O[Si](C)(C)C(C)(C)C)[C@@H]2CC(=O)NC[C@H]2O[C@@H](n3cc(C)c(=O)[nH]c3=O)[C@H](O[Si](C)(C)C(C)(C)C)[C@@H]2CC(=O)NC[C@H]2O[C@@H](n3cc(C)c(=O)[nH]c3=O)[C@H](OC)[C@@H]2O)(c2ccccc2)c2ccc(OC)cc2)cc1. The summed E-state index contributed by atoms with van der Waals surface area (Å²) in [4.78, 5) is 117. The van der Waals surface area contributed by atoms with E-state index in [1.54, 1.807) is 21.1 Å². The fraction of sp³-hybridized carbons (Fsp3) is 0.529. The second-order valence-electron chi connectivity index (χ2n) is 28.2. The monoisotopic (exact) mass is 1360 g/mol. The first-order chi connectivity index (χ1) is 45.1. The third-order valence-corrected chi connectivity index (χ3v) is 28.7. The summed E-state index contributed by atoms with van der Waals surface area (Å²) >= 11 is 0. The Morgan fingerprint density at radius 1 is 0.521 bits per heavy atom. The maximum absolute atomic E-state index is 15.4. The van der Waals surface area contributed by atoms with Crippen molar-refractivity contribution in [1.29, 1.82) is 0 Å². The molecule has 520 valence electrons. The van der Waals surface area contributed by atoms with Crippen LogP contribution in [0.25, 0.3) is 0 Å². The molecule has 6 N–H and O–H groups in total. The number of nitrogens with zero attached hydrogens (tertiary/aromatic N) is 3. The number of amides is 2. The van der Waals surface area contributed by atoms with Gasteiger partial charge in [0.1, 0.15) is 35.4 Å². The lowest BCUT2D eigenvalue weighted by molar-refractivity contribution is -0.125. The molecule has 0 saturated carbocycles. The van der Waals surface area contributed by atoms with Gasteiger partial charge in [0, 0.05) is 80.2 Å². The van der Waals surface area contributed by atoms with Gasteiger partial charge in [0.05, 0.1) is 45.2 Å². The average Bonchev–Trinajstić information content (AvgIpc) is 1.25. The van der Waals surface area contributed by atoms with Crippen LogP contribution >= 0.6 is 0 Å². The zero-order chi connectivity index (χ0) is 70.1. The van der Waals surface area contributed by atoms with Crippen LogP contribution in [0, 0.1) is 32.6 Å². The lowest BCUT2D eigenvalue weighted by atomic mass is 9.79. The number of H-pyrrole nitrogens is 3. The Kier molecular flexibility index (Phi) is 21.8. The number of aromatic nitrogens is 6. The largest absolute Gasteiger partial charge is 0.497 e. The maximum atomic E-state index is 15.4. The minimum absolute atomic E-state index is 0.191. The first-order valence-corrected chi connectivity index (χ1v) is 38.0. The summed E-state index contributed by atoms with van der Waals surface area (Å²) in [5.74, 6) is -1.69. The molecule has 3 aromatic carbocycles. The number of hydrogen-bond donors (Lipinski definition) is 6. The molecule has 3 saturated heterocycles. The Morgan fingerprint density at radius 3 is 1.26 bits per heavy atom. The number of carbonyl (C=O) groups is 2. The minimum Gasteiger partial charge on any atom is -0.497 e. The lowest BCUT2D eigenvalue weighted by Crippen LogP contribution is -2.50. The van der Waals surface area contributed by atoms with E-state index in [2.05, 4.69) is 59.5 Å². The van der Waals surface area contributed by atoms with Crippen molar-refractivity contribution in [3.8, 4) is 11.5 Å². The summed E-state index contributed by atoms with van der Waals surface area (Å²) < 4.78 is 62.7. The van der Waals surface area contributed by atoms with Crippen molar-refractivity contribution in [2.75, 3.05) is 41.0 Å². The number of ether oxygens (including phenoxy) is 7. The fourth-order valence-corrected chi connectivity index (χ4v) is 14.8. The molecule has 0 bridgehead atoms. The number of aliphatic hydroxyl groups excluding tert-OH is 1. The van der Waals surface area contributed by atoms with Crippen LogP contribution < -0.4 is 53.9 Å². The normalized spacial score (nSPS) is 24.1. The molecular formula is C68H92N8O18Si2. The van der Waals surface area contributed by atoms with Gasteiger partial charge in [0.15, 0.2) is 35.3 Å². The Balaban J connectivity index is 1.10. The van der Waals surface area contributed by atoms with Crippen LogP contribution in [-0.4, -0.2) is 146 Å². The van der Waals surface area contributed by atoms with Crippen molar-refractivity contribution in [3.05, 3.63) is 193 Å². The van der Waals surface area contributed by atoms with Crippen LogP contribution in [0.2, 0.25) is 36.3 Å². The molecule has 3 aliphatic heterocycles. The van der Waals surface area contributed by atoms with E-state index in [-0.39, 0.29) is 49.2 Å². The number of nitrogens with one attached hydrogen (secondary N) is 5. The number of carbonyl (C=O) groups excluding carboxylic acids is 2. The van der Waals surface area contributed by atoms with Gasteiger partial charge in [-0.05, 0) is 98.0 Å². The molecule has 0 radical (unpaired) electrons. The van der Waals surface area contributed by atoms with Crippen molar-refractivity contribution in [1.82, 2.24) is 39.3 Å². The zero-order valence-electron chi connectivity index (χ0n) is 57.4. The van der Waals surface area contributed by atoms with Crippen LogP contribution in [0.3, 0.4) is 0 Å². The van der Waals surface area contributed by atoms with Gasteiger partial charge in [0.2, 0.25) is 11.8 Å². The number of aliphatic hydroxyl groups is 1. The second kappa shape index (κ2) is 28.8. The summed E-state index contributed by atoms with van der Waals surface area (Å²) in [7, 11) is -1.27. The topological polar surface area (TPSA) is 326 Å². The number of hydrogen-bond acceptors (Lipinski definition) is 18. The summed E-state index contributed by atoms with van der Waals surface area (Å²) in [5, 5.41) is 16.7. The molecule has 96 heavy (non-hydrogen) atoms. The molecule has 9 rings (SSSR count). The minimum atomic E-state index is -2.89. The number of aryl methyl sites for hydroxylation is 3. The number of methoxy groups -OCH3 is 3. The molecule has 3 aromatic heterocycles. The number of aromatic amines is 3. The van der Waals surface area contributed by atoms with E-state index >= 15 is 4.79 Å². The van der Waals surface area contributed by atoms with Crippen molar-refractivity contribution in [2.24, 2.45) is 11.8 Å². The molecule has 3 aliphatic rings. The molecule has 6 aromatic rings. The predicted octanol–water partition coefficient (Wildman–Crippen LogP) is 5.68. The van der Waals surface area contributed by atoms with Crippen LogP contribution in [0.1, 0.15) is 106 Å². The third-order valence-electron chi connectivity index (χ3n) is 19.8. The quantitative estimate of drug-likeness (QED) is 0.0313. The Bertz CT molecular complexity index is 4070. The highest BCUT2D eigenvalue weighted by molar-refractivity contribution is 6.74. The molecule has 12 atom stereocenters. The third kappa shape index (κ3) is 15.1. The van der Waals surface area contributed by atoms with Crippen LogP contribution in [-0.2, 0) is 47.7 Å². The van der Waals surface area contributed by atoms with E-state index in [1.807, 2.05) is 113 Å².